The van der Waals surface area contributed by atoms with Crippen molar-refractivity contribution in [2.75, 3.05) is 26.3 Å². The van der Waals surface area contributed by atoms with E-state index in [1.165, 1.54) is 0 Å². The topological polar surface area (TPSA) is 42.5 Å². The molecule has 0 spiro atoms. The number of nitrogens with one attached hydrogen (secondary N) is 2. The van der Waals surface area contributed by atoms with Gasteiger partial charge in [0.25, 0.3) is 0 Å². The molecule has 0 aromatic rings. The van der Waals surface area contributed by atoms with Gasteiger partial charge in [0.05, 0.1) is 13.2 Å². The molecule has 0 radical (unpaired) electrons. The van der Waals surface area contributed by atoms with Crippen LogP contribution in [-0.4, -0.2) is 47.2 Å². The van der Waals surface area contributed by atoms with E-state index in [1.54, 1.807) is 0 Å². The minimum absolute atomic E-state index is 0. The van der Waals surface area contributed by atoms with Crippen molar-refractivity contribution in [2.45, 2.75) is 12.5 Å². The molecule has 0 aliphatic carbocycles. The summed E-state index contributed by atoms with van der Waals surface area (Å²) in [6.07, 6.45) is -0.278. The fraction of sp³-hybridized carbons (Fsp3) is 0.750. The number of rotatable bonds is 2. The van der Waals surface area contributed by atoms with Crippen molar-refractivity contribution >= 4 is 58.1 Å². The van der Waals surface area contributed by atoms with Crippen molar-refractivity contribution in [1.29, 1.82) is 0 Å². The van der Waals surface area contributed by atoms with Gasteiger partial charge in [-0.2, -0.15) is 0 Å². The minimum atomic E-state index is -0.139. The van der Waals surface area contributed by atoms with Crippen LogP contribution < -0.4 is 10.6 Å². The van der Waals surface area contributed by atoms with Crippen LogP contribution in [-0.2, 0) is 54.2 Å². The van der Waals surface area contributed by atoms with E-state index in [1.807, 2.05) is 0 Å². The second kappa shape index (κ2) is 9.94. The summed E-state index contributed by atoms with van der Waals surface area (Å²) in [5, 5.41) is 5.98. The second-order valence-corrected chi connectivity index (χ2v) is 5.32. The molecule has 0 bridgehead atoms. The summed E-state index contributed by atoms with van der Waals surface area (Å²) in [5.41, 5.74) is 0. The van der Waals surface area contributed by atoms with Gasteiger partial charge in [0, 0.05) is 13.1 Å². The van der Waals surface area contributed by atoms with Crippen LogP contribution >= 0.6 is 24.4 Å². The summed E-state index contributed by atoms with van der Waals surface area (Å²) in [4.78, 5) is 0. The average molecular weight is 362 g/mol. The molecule has 2 atom stereocenters. The predicted octanol–water partition coefficient (Wildman–Crippen LogP) is -0.389. The Kier molecular flexibility index (Phi) is 10.6. The van der Waals surface area contributed by atoms with Crippen LogP contribution in [0.1, 0.15) is 0 Å². The van der Waals surface area contributed by atoms with Crippen LogP contribution in [0.5, 0.6) is 0 Å². The summed E-state index contributed by atoms with van der Waals surface area (Å²) in [5.74, 6) is 0. The Morgan fingerprint density at radius 2 is 1.29 bits per heavy atom. The van der Waals surface area contributed by atoms with Gasteiger partial charge in [-0.3, -0.25) is 10.6 Å². The first-order valence-electron chi connectivity index (χ1n) is 4.73. The largest absolute Gasteiger partial charge is 2.00 e. The Hall–Kier alpha value is 1.08. The first-order chi connectivity index (χ1) is 7.61. The van der Waals surface area contributed by atoms with E-state index in [0.717, 1.165) is 26.3 Å². The molecule has 9 heteroatoms. The van der Waals surface area contributed by atoms with Gasteiger partial charge in [-0.1, -0.05) is 0 Å². The molecule has 0 amide bonds. The van der Waals surface area contributed by atoms with Crippen LogP contribution in [0, 0.1) is 0 Å². The average Bonchev–Trinajstić information content (AvgIpc) is 2.93. The molecular formula is C8H12N2O2S4Zn. The molecule has 2 unspecified atom stereocenters. The molecule has 2 aliphatic rings. The Balaban J connectivity index is 0.000000284. The summed E-state index contributed by atoms with van der Waals surface area (Å²) >= 11 is 18.7. The molecular weight excluding hydrogens is 350 g/mol. The third-order valence-electron chi connectivity index (χ3n) is 1.86. The zero-order valence-electron chi connectivity index (χ0n) is 9.14. The molecule has 2 aliphatic heterocycles. The molecule has 0 saturated carbocycles. The zero-order valence-corrected chi connectivity index (χ0v) is 15.4. The summed E-state index contributed by atoms with van der Waals surface area (Å²) in [6, 6.07) is 0. The molecule has 4 nitrogen and oxygen atoms in total. The summed E-state index contributed by atoms with van der Waals surface area (Å²) < 4.78 is 11.1. The normalized spacial score (nSPS) is 26.6. The molecule has 92 valence electrons. The molecule has 2 heterocycles. The van der Waals surface area contributed by atoms with E-state index in [0.29, 0.717) is 8.39 Å². The van der Waals surface area contributed by atoms with Crippen LogP contribution in [0.3, 0.4) is 0 Å². The van der Waals surface area contributed by atoms with E-state index in [9.17, 15) is 0 Å². The van der Waals surface area contributed by atoms with Crippen molar-refractivity contribution in [3.63, 3.8) is 0 Å². The van der Waals surface area contributed by atoms with Gasteiger partial charge in [0.1, 0.15) is 12.5 Å². The van der Waals surface area contributed by atoms with Gasteiger partial charge in [-0.15, -0.1) is 8.39 Å². The Morgan fingerprint density at radius 3 is 1.41 bits per heavy atom. The number of hydrogen-bond donors (Lipinski definition) is 2. The van der Waals surface area contributed by atoms with E-state index in [-0.39, 0.29) is 31.9 Å². The third-order valence-corrected chi connectivity index (χ3v) is 2.72. The fourth-order valence-corrected chi connectivity index (χ4v) is 1.76. The fourth-order valence-electron chi connectivity index (χ4n) is 1.15. The zero-order chi connectivity index (χ0) is 12.0. The molecule has 2 N–H and O–H groups in total. The van der Waals surface area contributed by atoms with Crippen LogP contribution in [0.4, 0.5) is 0 Å². The molecule has 2 rings (SSSR count). The standard InChI is InChI=1S/2C4H7NOS2.Zn/c2*7-4(8)3-5-1-2-6-3;/h2*3,5H,1-2H2,(H,7,8);/q;;+2/p-2. The van der Waals surface area contributed by atoms with Crippen molar-refractivity contribution in [3.8, 4) is 0 Å². The van der Waals surface area contributed by atoms with Crippen molar-refractivity contribution in [3.05, 3.63) is 0 Å². The first kappa shape index (κ1) is 18.1. The van der Waals surface area contributed by atoms with E-state index in [4.69, 9.17) is 9.47 Å². The molecule has 2 saturated heterocycles. The molecule has 17 heavy (non-hydrogen) atoms. The second-order valence-electron chi connectivity index (χ2n) is 3.05. The quantitative estimate of drug-likeness (QED) is 0.392. The van der Waals surface area contributed by atoms with Crippen molar-refractivity contribution in [2.24, 2.45) is 0 Å². The van der Waals surface area contributed by atoms with Crippen LogP contribution in [0.2, 0.25) is 0 Å². The smallest absolute Gasteiger partial charge is 0.429 e. The maximum absolute atomic E-state index is 5.06. The van der Waals surface area contributed by atoms with Crippen LogP contribution in [0.15, 0.2) is 0 Å². The van der Waals surface area contributed by atoms with Gasteiger partial charge in [0.15, 0.2) is 0 Å². The van der Waals surface area contributed by atoms with Crippen molar-refractivity contribution in [1.82, 2.24) is 10.6 Å². The number of hydrogen-bond acceptors (Lipinski definition) is 8. The Bertz CT molecular complexity index is 232. The minimum Gasteiger partial charge on any atom is -0.429 e. The molecule has 0 aromatic heterocycles. The molecule has 0 aromatic carbocycles. The maximum Gasteiger partial charge on any atom is 2.00 e. The van der Waals surface area contributed by atoms with Crippen LogP contribution in [0.25, 0.3) is 0 Å². The predicted molar refractivity (Wildman–Crippen MR) is 75.4 cm³/mol. The van der Waals surface area contributed by atoms with Gasteiger partial charge in [-0.05, 0) is 0 Å². The molecule has 2 fully saturated rings. The van der Waals surface area contributed by atoms with E-state index in [2.05, 4.69) is 60.3 Å². The first-order valence-corrected chi connectivity index (χ1v) is 6.36. The van der Waals surface area contributed by atoms with E-state index < -0.39 is 0 Å². The Morgan fingerprint density at radius 1 is 0.941 bits per heavy atom. The number of ether oxygens (including phenoxy) is 2. The maximum atomic E-state index is 5.06. The Labute approximate surface area is 136 Å². The SMILES string of the molecule is S=C([S-])C1NCCO1.S=C([S-])C1NCCO1.[Zn+2]. The summed E-state index contributed by atoms with van der Waals surface area (Å²) in [7, 11) is 0. The third kappa shape index (κ3) is 7.29. The van der Waals surface area contributed by atoms with Gasteiger partial charge >= 0.3 is 19.5 Å². The van der Waals surface area contributed by atoms with Gasteiger partial charge in [-0.25, -0.2) is 0 Å². The van der Waals surface area contributed by atoms with Crippen molar-refractivity contribution < 1.29 is 29.0 Å². The number of thiocarbonyl (C=S) groups is 2. The van der Waals surface area contributed by atoms with Gasteiger partial charge in [0.2, 0.25) is 0 Å². The monoisotopic (exact) mass is 360 g/mol. The summed E-state index contributed by atoms with van der Waals surface area (Å²) in [6.45, 7) is 3.17. The van der Waals surface area contributed by atoms with E-state index >= 15 is 0 Å². The van der Waals surface area contributed by atoms with Gasteiger partial charge < -0.3 is 59.2 Å².